The molecule has 0 aliphatic rings. The van der Waals surface area contributed by atoms with Crippen molar-refractivity contribution in [3.63, 3.8) is 0 Å². The number of sulfonamides is 1. The standard InChI is InChI=1S/C23H30N4O4S2/c1-6-26(7-2)33(29,30)17-13-14-20-19(15-17)25-23(27(20)8-3)32-16(4)22(28)24-18-11-9-10-12-21(18)31-5/h9-16H,6-8H2,1-5H3,(H,24,28). The number of aryl methyl sites for hydroxylation is 1. The van der Waals surface area contributed by atoms with Crippen LogP contribution in [0.25, 0.3) is 11.0 Å². The van der Waals surface area contributed by atoms with Crippen LogP contribution in [-0.2, 0) is 21.4 Å². The van der Waals surface area contributed by atoms with Gasteiger partial charge in [0.1, 0.15) is 5.75 Å². The van der Waals surface area contributed by atoms with E-state index in [1.54, 1.807) is 37.4 Å². The topological polar surface area (TPSA) is 93.5 Å². The van der Waals surface area contributed by atoms with E-state index >= 15 is 0 Å². The molecule has 1 unspecified atom stereocenters. The number of fused-ring (bicyclic) bond motifs is 1. The molecular weight excluding hydrogens is 460 g/mol. The summed E-state index contributed by atoms with van der Waals surface area (Å²) in [6, 6.07) is 12.3. The Morgan fingerprint density at radius 3 is 2.52 bits per heavy atom. The molecule has 1 N–H and O–H groups in total. The van der Waals surface area contributed by atoms with Gasteiger partial charge in [-0.3, -0.25) is 4.79 Å². The van der Waals surface area contributed by atoms with Crippen LogP contribution in [0.2, 0.25) is 0 Å². The van der Waals surface area contributed by atoms with E-state index in [1.165, 1.54) is 16.1 Å². The van der Waals surface area contributed by atoms with Crippen molar-refractivity contribution < 1.29 is 17.9 Å². The monoisotopic (exact) mass is 490 g/mol. The smallest absolute Gasteiger partial charge is 0.243 e. The van der Waals surface area contributed by atoms with Gasteiger partial charge < -0.3 is 14.6 Å². The number of carbonyl (C=O) groups excluding carboxylic acids is 1. The lowest BCUT2D eigenvalue weighted by atomic mass is 10.3. The molecule has 1 atom stereocenters. The molecule has 0 saturated carbocycles. The molecule has 0 radical (unpaired) electrons. The van der Waals surface area contributed by atoms with E-state index < -0.39 is 15.3 Å². The molecule has 10 heteroatoms. The fourth-order valence-electron chi connectivity index (χ4n) is 3.55. The summed E-state index contributed by atoms with van der Waals surface area (Å²) in [5.74, 6) is 0.412. The van der Waals surface area contributed by atoms with Gasteiger partial charge >= 0.3 is 0 Å². The number of anilines is 1. The Hall–Kier alpha value is -2.56. The van der Waals surface area contributed by atoms with Crippen LogP contribution in [0, 0.1) is 0 Å². The van der Waals surface area contributed by atoms with Crippen LogP contribution in [0.4, 0.5) is 5.69 Å². The zero-order valence-corrected chi connectivity index (χ0v) is 21.2. The fraction of sp³-hybridized carbons (Fsp3) is 0.391. The number of nitrogens with zero attached hydrogens (tertiary/aromatic N) is 3. The number of methoxy groups -OCH3 is 1. The summed E-state index contributed by atoms with van der Waals surface area (Å²) >= 11 is 1.33. The van der Waals surface area contributed by atoms with Gasteiger partial charge in [0.05, 0.1) is 34.0 Å². The molecule has 0 aliphatic carbocycles. The summed E-state index contributed by atoms with van der Waals surface area (Å²) in [5, 5.41) is 3.13. The van der Waals surface area contributed by atoms with Gasteiger partial charge in [0.15, 0.2) is 5.16 Å². The predicted molar refractivity (Wildman–Crippen MR) is 132 cm³/mol. The highest BCUT2D eigenvalue weighted by molar-refractivity contribution is 8.00. The van der Waals surface area contributed by atoms with Gasteiger partial charge in [0.2, 0.25) is 15.9 Å². The van der Waals surface area contributed by atoms with Crippen molar-refractivity contribution in [2.75, 3.05) is 25.5 Å². The summed E-state index contributed by atoms with van der Waals surface area (Å²) in [6.07, 6.45) is 0. The number of hydrogen-bond donors (Lipinski definition) is 1. The van der Waals surface area contributed by atoms with Crippen molar-refractivity contribution in [2.45, 2.75) is 49.5 Å². The van der Waals surface area contributed by atoms with Crippen LogP contribution in [0.5, 0.6) is 5.75 Å². The maximum atomic E-state index is 12.9. The Labute approximate surface area is 199 Å². The summed E-state index contributed by atoms with van der Waals surface area (Å²) in [4.78, 5) is 17.7. The number of rotatable bonds is 10. The zero-order chi connectivity index (χ0) is 24.2. The van der Waals surface area contributed by atoms with Crippen LogP contribution in [0.1, 0.15) is 27.7 Å². The Kier molecular flexibility index (Phi) is 8.04. The molecule has 0 aliphatic heterocycles. The van der Waals surface area contributed by atoms with Gasteiger partial charge in [-0.15, -0.1) is 0 Å². The van der Waals surface area contributed by atoms with Gasteiger partial charge in [-0.25, -0.2) is 13.4 Å². The number of nitrogens with one attached hydrogen (secondary N) is 1. The molecule has 8 nitrogen and oxygen atoms in total. The van der Waals surface area contributed by atoms with Crippen LogP contribution >= 0.6 is 11.8 Å². The first kappa shape index (κ1) is 25.1. The highest BCUT2D eigenvalue weighted by Gasteiger charge is 2.24. The van der Waals surface area contributed by atoms with E-state index in [0.717, 1.165) is 5.52 Å². The van der Waals surface area contributed by atoms with Gasteiger partial charge in [-0.1, -0.05) is 37.7 Å². The number of imidazole rings is 1. The number of carbonyl (C=O) groups is 1. The number of aromatic nitrogens is 2. The molecule has 178 valence electrons. The predicted octanol–water partition coefficient (Wildman–Crippen LogP) is 4.21. The first-order valence-electron chi connectivity index (χ1n) is 10.9. The molecule has 3 rings (SSSR count). The average Bonchev–Trinajstić information content (AvgIpc) is 3.16. The fourth-order valence-corrected chi connectivity index (χ4v) is 6.02. The minimum absolute atomic E-state index is 0.177. The number of thioether (sulfide) groups is 1. The molecule has 1 heterocycles. The number of benzene rings is 2. The molecule has 3 aromatic rings. The van der Waals surface area contributed by atoms with Crippen LogP contribution in [0.15, 0.2) is 52.5 Å². The minimum Gasteiger partial charge on any atom is -0.495 e. The summed E-state index contributed by atoms with van der Waals surface area (Å²) in [7, 11) is -2.02. The van der Waals surface area contributed by atoms with Gasteiger partial charge in [0.25, 0.3) is 0 Å². The molecule has 2 aromatic carbocycles. The van der Waals surface area contributed by atoms with E-state index in [-0.39, 0.29) is 10.8 Å². The number of hydrogen-bond acceptors (Lipinski definition) is 6. The second-order valence-electron chi connectivity index (χ2n) is 7.33. The highest BCUT2D eigenvalue weighted by atomic mass is 32.2. The second-order valence-corrected chi connectivity index (χ2v) is 10.6. The van der Waals surface area contributed by atoms with E-state index in [0.29, 0.717) is 41.7 Å². The third kappa shape index (κ3) is 5.18. The van der Waals surface area contributed by atoms with Crippen molar-refractivity contribution in [3.05, 3.63) is 42.5 Å². The molecule has 1 amide bonds. The summed E-state index contributed by atoms with van der Waals surface area (Å²) in [5.41, 5.74) is 2.02. The Bertz CT molecular complexity index is 1240. The van der Waals surface area contributed by atoms with E-state index in [4.69, 9.17) is 4.74 Å². The third-order valence-electron chi connectivity index (χ3n) is 5.36. The van der Waals surface area contributed by atoms with Crippen molar-refractivity contribution in [1.82, 2.24) is 13.9 Å². The SMILES string of the molecule is CCN(CC)S(=O)(=O)c1ccc2c(c1)nc(SC(C)C(=O)Nc1ccccc1OC)n2CC. The van der Waals surface area contributed by atoms with E-state index in [9.17, 15) is 13.2 Å². The Morgan fingerprint density at radius 1 is 1.18 bits per heavy atom. The molecule has 33 heavy (non-hydrogen) atoms. The van der Waals surface area contributed by atoms with Crippen LogP contribution < -0.4 is 10.1 Å². The van der Waals surface area contributed by atoms with Gasteiger partial charge in [-0.05, 0) is 44.2 Å². The Balaban J connectivity index is 1.87. The normalized spacial score (nSPS) is 12.8. The largest absolute Gasteiger partial charge is 0.495 e. The minimum atomic E-state index is -3.58. The maximum absolute atomic E-state index is 12.9. The first-order valence-corrected chi connectivity index (χ1v) is 13.2. The summed E-state index contributed by atoms with van der Waals surface area (Å²) < 4.78 is 34.5. The quantitative estimate of drug-likeness (QED) is 0.428. The lowest BCUT2D eigenvalue weighted by molar-refractivity contribution is -0.115. The molecule has 0 saturated heterocycles. The van der Waals surface area contributed by atoms with Gasteiger partial charge in [0, 0.05) is 19.6 Å². The molecule has 0 bridgehead atoms. The maximum Gasteiger partial charge on any atom is 0.243 e. The van der Waals surface area contributed by atoms with Crippen molar-refractivity contribution >= 4 is 44.4 Å². The van der Waals surface area contributed by atoms with Crippen LogP contribution in [-0.4, -0.2) is 53.6 Å². The molecule has 1 aromatic heterocycles. The third-order valence-corrected chi connectivity index (χ3v) is 8.50. The van der Waals surface area contributed by atoms with Gasteiger partial charge in [-0.2, -0.15) is 4.31 Å². The molecular formula is C23H30N4O4S2. The Morgan fingerprint density at radius 2 is 1.88 bits per heavy atom. The lowest BCUT2D eigenvalue weighted by Gasteiger charge is -2.18. The molecule has 0 fully saturated rings. The summed E-state index contributed by atoms with van der Waals surface area (Å²) in [6.45, 7) is 8.88. The first-order chi connectivity index (χ1) is 15.8. The average molecular weight is 491 g/mol. The van der Waals surface area contributed by atoms with Crippen molar-refractivity contribution in [1.29, 1.82) is 0 Å². The van der Waals surface area contributed by atoms with Crippen LogP contribution in [0.3, 0.4) is 0 Å². The second kappa shape index (κ2) is 10.6. The number of para-hydroxylation sites is 2. The van der Waals surface area contributed by atoms with Crippen molar-refractivity contribution in [2.24, 2.45) is 0 Å². The van der Waals surface area contributed by atoms with E-state index in [2.05, 4.69) is 10.3 Å². The lowest BCUT2D eigenvalue weighted by Crippen LogP contribution is -2.30. The number of amides is 1. The van der Waals surface area contributed by atoms with E-state index in [1.807, 2.05) is 44.4 Å². The number of ether oxygens (including phenoxy) is 1. The molecule has 0 spiro atoms. The van der Waals surface area contributed by atoms with Crippen molar-refractivity contribution in [3.8, 4) is 5.75 Å². The highest BCUT2D eigenvalue weighted by Crippen LogP contribution is 2.31. The zero-order valence-electron chi connectivity index (χ0n) is 19.5.